The second-order valence-electron chi connectivity index (χ2n) is 7.02. The number of carbonyl (C=O) groups excluding carboxylic acids is 2. The Balaban J connectivity index is 1.62. The van der Waals surface area contributed by atoms with E-state index in [1.165, 1.54) is 11.8 Å². The zero-order valence-electron chi connectivity index (χ0n) is 17.1. The molecule has 0 unspecified atom stereocenters. The Morgan fingerprint density at radius 1 is 1.10 bits per heavy atom. The normalized spacial score (nSPS) is 16.3. The van der Waals surface area contributed by atoms with Crippen LogP contribution in [0.2, 0.25) is 0 Å². The van der Waals surface area contributed by atoms with Crippen LogP contribution in [-0.2, 0) is 9.59 Å². The Kier molecular flexibility index (Phi) is 6.16. The number of rotatable bonds is 6. The highest BCUT2D eigenvalue weighted by Crippen LogP contribution is 2.28. The molecular formula is C22H25N3O4. The number of methoxy groups -OCH3 is 2. The van der Waals surface area contributed by atoms with Crippen LogP contribution in [-0.4, -0.2) is 38.8 Å². The molecule has 3 rings (SSSR count). The fraction of sp³-hybridized carbons (Fsp3) is 0.318. The summed E-state index contributed by atoms with van der Waals surface area (Å²) in [7, 11) is 3.12. The highest BCUT2D eigenvalue weighted by atomic mass is 16.5. The first-order valence-corrected chi connectivity index (χ1v) is 9.35. The first kappa shape index (κ1) is 20.4. The number of hydrogen-bond acceptors (Lipinski definition) is 5. The summed E-state index contributed by atoms with van der Waals surface area (Å²) in [6.07, 6.45) is 1.70. The minimum absolute atomic E-state index is 0.0581. The Hall–Kier alpha value is -3.35. The molecule has 0 bridgehead atoms. The lowest BCUT2D eigenvalue weighted by Crippen LogP contribution is -2.30. The van der Waals surface area contributed by atoms with Crippen molar-refractivity contribution in [2.75, 3.05) is 25.7 Å². The van der Waals surface area contributed by atoms with Crippen LogP contribution >= 0.6 is 0 Å². The maximum Gasteiger partial charge on any atom is 0.245 e. The molecule has 0 saturated carbocycles. The zero-order valence-corrected chi connectivity index (χ0v) is 17.1. The Morgan fingerprint density at radius 2 is 1.86 bits per heavy atom. The predicted octanol–water partition coefficient (Wildman–Crippen LogP) is 2.82. The van der Waals surface area contributed by atoms with Crippen LogP contribution in [0.25, 0.3) is 0 Å². The molecule has 1 atom stereocenters. The van der Waals surface area contributed by atoms with Gasteiger partial charge >= 0.3 is 0 Å². The molecule has 1 fully saturated rings. The number of aryl methyl sites for hydroxylation is 2. The molecule has 0 spiro atoms. The topological polar surface area (TPSA) is 80.2 Å². The molecule has 7 heteroatoms. The van der Waals surface area contributed by atoms with Crippen LogP contribution in [0.4, 0.5) is 5.69 Å². The van der Waals surface area contributed by atoms with Gasteiger partial charge < -0.3 is 14.4 Å². The van der Waals surface area contributed by atoms with Crippen molar-refractivity contribution in [3.8, 4) is 11.5 Å². The van der Waals surface area contributed by atoms with E-state index in [1.54, 1.807) is 37.3 Å². The average Bonchev–Trinajstić information content (AvgIpc) is 3.11. The van der Waals surface area contributed by atoms with E-state index in [2.05, 4.69) is 10.5 Å². The van der Waals surface area contributed by atoms with Crippen molar-refractivity contribution < 1.29 is 19.1 Å². The maximum absolute atomic E-state index is 12.5. The molecular weight excluding hydrogens is 370 g/mol. The van der Waals surface area contributed by atoms with E-state index in [0.717, 1.165) is 16.8 Å². The van der Waals surface area contributed by atoms with Gasteiger partial charge in [-0.1, -0.05) is 6.07 Å². The van der Waals surface area contributed by atoms with Crippen LogP contribution < -0.4 is 19.8 Å². The zero-order chi connectivity index (χ0) is 21.0. The fourth-order valence-electron chi connectivity index (χ4n) is 3.22. The minimum atomic E-state index is -0.438. The third-order valence-electron chi connectivity index (χ3n) is 5.09. The van der Waals surface area contributed by atoms with E-state index >= 15 is 0 Å². The highest BCUT2D eigenvalue weighted by molar-refractivity contribution is 6.00. The van der Waals surface area contributed by atoms with Gasteiger partial charge in [0.05, 0.1) is 26.4 Å². The molecule has 1 saturated heterocycles. The summed E-state index contributed by atoms with van der Waals surface area (Å²) < 4.78 is 10.4. The van der Waals surface area contributed by atoms with Gasteiger partial charge in [0.1, 0.15) is 0 Å². The SMILES string of the molecule is COc1ccc(/C=N\NC(=O)[C@H]2CC(=O)N(c3ccc(C)c(C)c3)C2)cc1OC. The van der Waals surface area contributed by atoms with Crippen LogP contribution in [0.1, 0.15) is 23.1 Å². The van der Waals surface area contributed by atoms with Crippen LogP contribution in [0.3, 0.4) is 0 Å². The maximum atomic E-state index is 12.5. The lowest BCUT2D eigenvalue weighted by molar-refractivity contribution is -0.126. The summed E-state index contributed by atoms with van der Waals surface area (Å²) in [6, 6.07) is 11.2. The van der Waals surface area contributed by atoms with E-state index in [1.807, 2.05) is 32.0 Å². The monoisotopic (exact) mass is 395 g/mol. The van der Waals surface area contributed by atoms with E-state index < -0.39 is 5.92 Å². The van der Waals surface area contributed by atoms with Crippen molar-refractivity contribution in [2.24, 2.45) is 11.0 Å². The Morgan fingerprint density at radius 3 is 2.55 bits per heavy atom. The fourth-order valence-corrected chi connectivity index (χ4v) is 3.22. The van der Waals surface area contributed by atoms with Crippen LogP contribution in [0.15, 0.2) is 41.5 Å². The molecule has 0 radical (unpaired) electrons. The molecule has 1 heterocycles. The Bertz CT molecular complexity index is 955. The molecule has 0 aliphatic carbocycles. The van der Waals surface area contributed by atoms with Gasteiger partial charge in [0, 0.05) is 18.7 Å². The van der Waals surface area contributed by atoms with E-state index in [0.29, 0.717) is 18.0 Å². The predicted molar refractivity (Wildman–Crippen MR) is 112 cm³/mol. The summed E-state index contributed by atoms with van der Waals surface area (Å²) in [4.78, 5) is 26.5. The molecule has 2 aromatic rings. The number of amides is 2. The van der Waals surface area contributed by atoms with Crippen molar-refractivity contribution in [2.45, 2.75) is 20.3 Å². The van der Waals surface area contributed by atoms with Crippen molar-refractivity contribution in [3.63, 3.8) is 0 Å². The van der Waals surface area contributed by atoms with Gasteiger partial charge in [0.25, 0.3) is 0 Å². The molecule has 1 aliphatic heterocycles. The van der Waals surface area contributed by atoms with Gasteiger partial charge in [-0.15, -0.1) is 0 Å². The van der Waals surface area contributed by atoms with E-state index in [-0.39, 0.29) is 18.2 Å². The number of nitrogens with zero attached hydrogens (tertiary/aromatic N) is 2. The van der Waals surface area contributed by atoms with Gasteiger partial charge in [-0.2, -0.15) is 5.10 Å². The van der Waals surface area contributed by atoms with Crippen molar-refractivity contribution >= 4 is 23.7 Å². The average molecular weight is 395 g/mol. The molecule has 1 aliphatic rings. The number of hydrazone groups is 1. The lowest BCUT2D eigenvalue weighted by Gasteiger charge is -2.17. The van der Waals surface area contributed by atoms with Crippen molar-refractivity contribution in [1.82, 2.24) is 5.43 Å². The van der Waals surface area contributed by atoms with Crippen LogP contribution in [0.5, 0.6) is 11.5 Å². The van der Waals surface area contributed by atoms with Gasteiger partial charge in [-0.05, 0) is 60.9 Å². The first-order valence-electron chi connectivity index (χ1n) is 9.35. The number of benzene rings is 2. The minimum Gasteiger partial charge on any atom is -0.493 e. The number of ether oxygens (including phenoxy) is 2. The summed E-state index contributed by atoms with van der Waals surface area (Å²) in [5, 5.41) is 4.01. The second kappa shape index (κ2) is 8.77. The highest BCUT2D eigenvalue weighted by Gasteiger charge is 2.35. The van der Waals surface area contributed by atoms with Crippen molar-refractivity contribution in [3.05, 3.63) is 53.1 Å². The van der Waals surface area contributed by atoms with Gasteiger partial charge in [-0.3, -0.25) is 9.59 Å². The second-order valence-corrected chi connectivity index (χ2v) is 7.02. The molecule has 2 amide bonds. The standard InChI is InChI=1S/C22H25N3O4/c1-14-5-7-18(9-15(14)2)25-13-17(11-21(25)26)22(27)24-23-12-16-6-8-19(28-3)20(10-16)29-4/h5-10,12,17H,11,13H2,1-4H3,(H,24,27)/b23-12-/t17-/m0/s1. The largest absolute Gasteiger partial charge is 0.493 e. The van der Waals surface area contributed by atoms with Gasteiger partial charge in [-0.25, -0.2) is 5.43 Å². The first-order chi connectivity index (χ1) is 13.9. The quantitative estimate of drug-likeness (QED) is 0.602. The molecule has 152 valence electrons. The molecule has 29 heavy (non-hydrogen) atoms. The van der Waals surface area contributed by atoms with E-state index in [4.69, 9.17) is 9.47 Å². The Labute approximate surface area is 170 Å². The summed E-state index contributed by atoms with van der Waals surface area (Å²) in [5.74, 6) is 0.420. The molecule has 2 aromatic carbocycles. The summed E-state index contributed by atoms with van der Waals surface area (Å²) >= 11 is 0. The molecule has 7 nitrogen and oxygen atoms in total. The van der Waals surface area contributed by atoms with Gasteiger partial charge in [0.2, 0.25) is 11.8 Å². The molecule has 1 N–H and O–H groups in total. The van der Waals surface area contributed by atoms with Gasteiger partial charge in [0.15, 0.2) is 11.5 Å². The van der Waals surface area contributed by atoms with E-state index in [9.17, 15) is 9.59 Å². The van der Waals surface area contributed by atoms with Crippen molar-refractivity contribution in [1.29, 1.82) is 0 Å². The number of nitrogens with one attached hydrogen (secondary N) is 1. The third-order valence-corrected chi connectivity index (χ3v) is 5.09. The lowest BCUT2D eigenvalue weighted by atomic mass is 10.1. The summed E-state index contributed by atoms with van der Waals surface area (Å²) in [5.41, 5.74) is 6.38. The molecule has 0 aromatic heterocycles. The number of anilines is 1. The number of hydrogen-bond donors (Lipinski definition) is 1. The summed E-state index contributed by atoms with van der Waals surface area (Å²) in [6.45, 7) is 4.38. The van der Waals surface area contributed by atoms with Crippen LogP contribution in [0, 0.1) is 19.8 Å². The third kappa shape index (κ3) is 4.56. The smallest absolute Gasteiger partial charge is 0.245 e. The number of carbonyl (C=O) groups is 2.